The molecule has 0 aliphatic rings. The van der Waals surface area contributed by atoms with Gasteiger partial charge in [0.15, 0.2) is 0 Å². The Morgan fingerprint density at radius 3 is 2.56 bits per heavy atom. The maximum atomic E-state index is 11.7. The van der Waals surface area contributed by atoms with Crippen LogP contribution in [-0.2, 0) is 16.1 Å². The molecule has 2 amide bonds. The lowest BCUT2D eigenvalue weighted by Crippen LogP contribution is -2.25. The second-order valence-corrected chi connectivity index (χ2v) is 5.33. The van der Waals surface area contributed by atoms with Gasteiger partial charge in [-0.05, 0) is 23.3 Å². The van der Waals surface area contributed by atoms with Crippen LogP contribution in [0.1, 0.15) is 24.0 Å². The highest BCUT2D eigenvalue weighted by Gasteiger charge is 2.06. The molecule has 0 saturated carbocycles. The van der Waals surface area contributed by atoms with Crippen molar-refractivity contribution in [3.05, 3.63) is 65.7 Å². The van der Waals surface area contributed by atoms with Crippen LogP contribution in [0, 0.1) is 0 Å². The number of nitrogens with zero attached hydrogens (tertiary/aromatic N) is 1. The van der Waals surface area contributed by atoms with Crippen molar-refractivity contribution < 1.29 is 14.3 Å². The van der Waals surface area contributed by atoms with Crippen LogP contribution in [0.15, 0.2) is 59.7 Å². The molecule has 0 heterocycles. The number of methoxy groups -OCH3 is 1. The minimum Gasteiger partial charge on any atom is -0.497 e. The predicted octanol–water partition coefficient (Wildman–Crippen LogP) is 2.24. The molecule has 2 aromatic carbocycles. The number of nitrogens with one attached hydrogen (secondary N) is 2. The highest BCUT2D eigenvalue weighted by atomic mass is 16.5. The molecule has 0 aliphatic carbocycles. The summed E-state index contributed by atoms with van der Waals surface area (Å²) >= 11 is 0. The largest absolute Gasteiger partial charge is 0.497 e. The highest BCUT2D eigenvalue weighted by molar-refractivity contribution is 5.85. The summed E-state index contributed by atoms with van der Waals surface area (Å²) in [7, 11) is 1.58. The fraction of sp³-hybridized carbons (Fsp3) is 0.211. The first kappa shape index (κ1) is 18.2. The molecule has 0 spiro atoms. The lowest BCUT2D eigenvalue weighted by atomic mass is 10.2. The molecule has 0 unspecified atom stereocenters. The first-order valence-electron chi connectivity index (χ1n) is 7.94. The SMILES string of the molecule is COc1cccc(C=NNC(=O)CCC(=O)NCc2ccccc2)c1. The van der Waals surface area contributed by atoms with Crippen molar-refractivity contribution in [3.8, 4) is 5.75 Å². The quantitative estimate of drug-likeness (QED) is 0.572. The average molecular weight is 339 g/mol. The van der Waals surface area contributed by atoms with Gasteiger partial charge < -0.3 is 10.1 Å². The van der Waals surface area contributed by atoms with Gasteiger partial charge in [-0.1, -0.05) is 42.5 Å². The van der Waals surface area contributed by atoms with Crippen LogP contribution in [0.4, 0.5) is 0 Å². The van der Waals surface area contributed by atoms with Crippen molar-refractivity contribution in [1.29, 1.82) is 0 Å². The van der Waals surface area contributed by atoms with Gasteiger partial charge in [0.2, 0.25) is 11.8 Å². The topological polar surface area (TPSA) is 79.8 Å². The van der Waals surface area contributed by atoms with E-state index in [-0.39, 0.29) is 24.7 Å². The molecular formula is C19H21N3O3. The van der Waals surface area contributed by atoms with Crippen molar-refractivity contribution in [2.75, 3.05) is 7.11 Å². The van der Waals surface area contributed by atoms with E-state index < -0.39 is 0 Å². The first-order valence-corrected chi connectivity index (χ1v) is 7.94. The number of rotatable bonds is 8. The van der Waals surface area contributed by atoms with Crippen LogP contribution in [0.3, 0.4) is 0 Å². The summed E-state index contributed by atoms with van der Waals surface area (Å²) in [5.41, 5.74) is 4.23. The van der Waals surface area contributed by atoms with Crippen LogP contribution >= 0.6 is 0 Å². The summed E-state index contributed by atoms with van der Waals surface area (Å²) in [6, 6.07) is 16.9. The fourth-order valence-corrected chi connectivity index (χ4v) is 2.07. The average Bonchev–Trinajstić information content (AvgIpc) is 2.65. The normalized spacial score (nSPS) is 10.4. The molecule has 25 heavy (non-hydrogen) atoms. The number of carbonyl (C=O) groups is 2. The van der Waals surface area contributed by atoms with E-state index in [1.54, 1.807) is 13.2 Å². The Bertz CT molecular complexity index is 730. The Morgan fingerprint density at radius 2 is 1.80 bits per heavy atom. The minimum atomic E-state index is -0.311. The van der Waals surface area contributed by atoms with Crippen LogP contribution in [0.2, 0.25) is 0 Å². The van der Waals surface area contributed by atoms with Crippen LogP contribution in [0.25, 0.3) is 0 Å². The number of hydrogen-bond acceptors (Lipinski definition) is 4. The van der Waals surface area contributed by atoms with Gasteiger partial charge >= 0.3 is 0 Å². The van der Waals surface area contributed by atoms with Gasteiger partial charge in [-0.15, -0.1) is 0 Å². The lowest BCUT2D eigenvalue weighted by Gasteiger charge is -2.05. The third-order valence-corrected chi connectivity index (χ3v) is 3.41. The molecule has 6 nitrogen and oxygen atoms in total. The lowest BCUT2D eigenvalue weighted by molar-refractivity contribution is -0.126. The van der Waals surface area contributed by atoms with Gasteiger partial charge in [0.25, 0.3) is 0 Å². The predicted molar refractivity (Wildman–Crippen MR) is 96.3 cm³/mol. The van der Waals surface area contributed by atoms with Gasteiger partial charge in [-0.3, -0.25) is 9.59 Å². The molecule has 2 N–H and O–H groups in total. The number of hydrogen-bond donors (Lipinski definition) is 2. The number of benzene rings is 2. The summed E-state index contributed by atoms with van der Waals surface area (Å²) in [6.07, 6.45) is 1.72. The van der Waals surface area contributed by atoms with E-state index in [9.17, 15) is 9.59 Å². The van der Waals surface area contributed by atoms with E-state index in [1.807, 2.05) is 48.5 Å². The number of hydrazone groups is 1. The first-order chi connectivity index (χ1) is 12.2. The van der Waals surface area contributed by atoms with Gasteiger partial charge in [0, 0.05) is 19.4 Å². The zero-order valence-electron chi connectivity index (χ0n) is 14.1. The van der Waals surface area contributed by atoms with Crippen LogP contribution in [0.5, 0.6) is 5.75 Å². The maximum Gasteiger partial charge on any atom is 0.240 e. The van der Waals surface area contributed by atoms with Crippen molar-refractivity contribution in [1.82, 2.24) is 10.7 Å². The standard InChI is InChI=1S/C19H21N3O3/c1-25-17-9-5-8-16(12-17)14-21-22-19(24)11-10-18(23)20-13-15-6-3-2-4-7-15/h2-9,12,14H,10-11,13H2,1H3,(H,20,23)(H,22,24). The van der Waals surface area contributed by atoms with Gasteiger partial charge in [0.05, 0.1) is 13.3 Å². The van der Waals surface area contributed by atoms with Gasteiger partial charge in [0.1, 0.15) is 5.75 Å². The molecule has 0 radical (unpaired) electrons. The third kappa shape index (κ3) is 6.87. The number of carbonyl (C=O) groups excluding carboxylic acids is 2. The van der Waals surface area contributed by atoms with Crippen molar-refractivity contribution in [2.45, 2.75) is 19.4 Å². The molecule has 130 valence electrons. The number of ether oxygens (including phenoxy) is 1. The Kier molecular flexibility index (Phi) is 7.18. The summed E-state index contributed by atoms with van der Waals surface area (Å²) in [4.78, 5) is 23.4. The Morgan fingerprint density at radius 1 is 1.04 bits per heavy atom. The highest BCUT2D eigenvalue weighted by Crippen LogP contribution is 2.10. The minimum absolute atomic E-state index is 0.0794. The fourth-order valence-electron chi connectivity index (χ4n) is 2.07. The molecule has 2 aromatic rings. The Labute approximate surface area is 146 Å². The van der Waals surface area contributed by atoms with E-state index >= 15 is 0 Å². The van der Waals surface area contributed by atoms with E-state index in [2.05, 4.69) is 15.8 Å². The van der Waals surface area contributed by atoms with Crippen molar-refractivity contribution >= 4 is 18.0 Å². The van der Waals surface area contributed by atoms with Gasteiger partial charge in [-0.2, -0.15) is 5.10 Å². The third-order valence-electron chi connectivity index (χ3n) is 3.41. The second-order valence-electron chi connectivity index (χ2n) is 5.33. The van der Waals surface area contributed by atoms with E-state index in [1.165, 1.54) is 6.21 Å². The molecule has 6 heteroatoms. The molecule has 0 fully saturated rings. The van der Waals surface area contributed by atoms with Crippen LogP contribution in [-0.4, -0.2) is 25.1 Å². The van der Waals surface area contributed by atoms with E-state index in [0.29, 0.717) is 12.3 Å². The van der Waals surface area contributed by atoms with Crippen molar-refractivity contribution in [3.63, 3.8) is 0 Å². The summed E-state index contributed by atoms with van der Waals surface area (Å²) < 4.78 is 5.11. The maximum absolute atomic E-state index is 11.7. The van der Waals surface area contributed by atoms with E-state index in [4.69, 9.17) is 4.74 Å². The monoisotopic (exact) mass is 339 g/mol. The summed E-state index contributed by atoms with van der Waals surface area (Å²) in [6.45, 7) is 0.454. The number of amides is 2. The Hall–Kier alpha value is -3.15. The zero-order chi connectivity index (χ0) is 17.9. The van der Waals surface area contributed by atoms with E-state index in [0.717, 1.165) is 11.1 Å². The molecule has 0 atom stereocenters. The molecule has 0 saturated heterocycles. The smallest absolute Gasteiger partial charge is 0.240 e. The van der Waals surface area contributed by atoms with Crippen molar-refractivity contribution in [2.24, 2.45) is 5.10 Å². The summed E-state index contributed by atoms with van der Waals surface area (Å²) in [5, 5.41) is 6.65. The van der Waals surface area contributed by atoms with Crippen LogP contribution < -0.4 is 15.5 Å². The molecule has 0 bridgehead atoms. The second kappa shape index (κ2) is 9.87. The molecule has 2 rings (SSSR count). The van der Waals surface area contributed by atoms with Gasteiger partial charge in [-0.25, -0.2) is 5.43 Å². The Balaban J connectivity index is 1.67. The molecular weight excluding hydrogens is 318 g/mol. The summed E-state index contributed by atoms with van der Waals surface area (Å²) in [5.74, 6) is 0.232. The zero-order valence-corrected chi connectivity index (χ0v) is 14.1. The molecule has 0 aromatic heterocycles. The molecule has 0 aliphatic heterocycles.